The van der Waals surface area contributed by atoms with E-state index in [1.807, 2.05) is 54.6 Å². The monoisotopic (exact) mass is 331 g/mol. The summed E-state index contributed by atoms with van der Waals surface area (Å²) in [5.41, 5.74) is 3.83. The van der Waals surface area contributed by atoms with Crippen molar-refractivity contribution in [2.24, 2.45) is 0 Å². The number of alkyl carbamates (subject to hydrolysis) is 1. The molecule has 2 N–H and O–H groups in total. The number of aromatic amines is 1. The number of imidazole rings is 1. The third kappa shape index (κ3) is 4.98. The molecule has 1 aromatic heterocycles. The lowest BCUT2D eigenvalue weighted by molar-refractivity contribution is 0.141. The first-order valence-electron chi connectivity index (χ1n) is 7.83. The highest BCUT2D eigenvalue weighted by Crippen LogP contribution is 2.15. The first kappa shape index (κ1) is 16.3. The maximum absolute atomic E-state index is 11.6. The van der Waals surface area contributed by atoms with Crippen molar-refractivity contribution in [3.8, 4) is 23.1 Å². The number of nitrogens with one attached hydrogen (secondary N) is 2. The van der Waals surface area contributed by atoms with Gasteiger partial charge in [-0.05, 0) is 23.3 Å². The van der Waals surface area contributed by atoms with Gasteiger partial charge in [0, 0.05) is 5.56 Å². The van der Waals surface area contributed by atoms with Gasteiger partial charge in [-0.3, -0.25) is 0 Å². The summed E-state index contributed by atoms with van der Waals surface area (Å²) >= 11 is 0. The summed E-state index contributed by atoms with van der Waals surface area (Å²) in [6, 6.07) is 17.3. The predicted molar refractivity (Wildman–Crippen MR) is 95.5 cm³/mol. The first-order valence-corrected chi connectivity index (χ1v) is 7.83. The summed E-state index contributed by atoms with van der Waals surface area (Å²) < 4.78 is 5.11. The van der Waals surface area contributed by atoms with E-state index in [1.54, 1.807) is 12.5 Å². The molecule has 0 aliphatic rings. The number of ether oxygens (including phenoxy) is 1. The molecular weight excluding hydrogens is 314 g/mol. The van der Waals surface area contributed by atoms with Crippen LogP contribution in [0.5, 0.6) is 0 Å². The van der Waals surface area contributed by atoms with Crippen molar-refractivity contribution in [1.82, 2.24) is 15.3 Å². The minimum atomic E-state index is -0.479. The van der Waals surface area contributed by atoms with E-state index in [0.29, 0.717) is 0 Å². The second-order valence-corrected chi connectivity index (χ2v) is 5.26. The number of hydrogen-bond acceptors (Lipinski definition) is 3. The van der Waals surface area contributed by atoms with Crippen LogP contribution < -0.4 is 5.32 Å². The Hall–Kier alpha value is -3.52. The SMILES string of the molecule is O=C(NCC#Cc1ccc(-c2cnc[nH]2)cc1)OCc1ccccc1. The van der Waals surface area contributed by atoms with Crippen LogP contribution in [0.4, 0.5) is 4.79 Å². The maximum Gasteiger partial charge on any atom is 0.408 e. The average molecular weight is 331 g/mol. The second-order valence-electron chi connectivity index (χ2n) is 5.26. The molecule has 0 radical (unpaired) electrons. The highest BCUT2D eigenvalue weighted by Gasteiger charge is 2.00. The summed E-state index contributed by atoms with van der Waals surface area (Å²) in [5, 5.41) is 2.61. The van der Waals surface area contributed by atoms with E-state index in [1.165, 1.54) is 0 Å². The van der Waals surface area contributed by atoms with Crippen LogP contribution >= 0.6 is 0 Å². The largest absolute Gasteiger partial charge is 0.445 e. The van der Waals surface area contributed by atoms with Crippen molar-refractivity contribution in [2.45, 2.75) is 6.61 Å². The zero-order chi connectivity index (χ0) is 17.3. The molecule has 0 saturated carbocycles. The molecule has 0 aliphatic heterocycles. The van der Waals surface area contributed by atoms with E-state index in [9.17, 15) is 4.79 Å². The number of H-pyrrole nitrogens is 1. The van der Waals surface area contributed by atoms with Crippen molar-refractivity contribution >= 4 is 6.09 Å². The van der Waals surface area contributed by atoms with E-state index < -0.39 is 6.09 Å². The summed E-state index contributed by atoms with van der Waals surface area (Å²) in [4.78, 5) is 18.6. The Bertz CT molecular complexity index is 861. The van der Waals surface area contributed by atoms with Crippen molar-refractivity contribution in [1.29, 1.82) is 0 Å². The van der Waals surface area contributed by atoms with Gasteiger partial charge in [-0.2, -0.15) is 0 Å². The van der Waals surface area contributed by atoms with Gasteiger partial charge in [0.2, 0.25) is 0 Å². The van der Waals surface area contributed by atoms with Crippen LogP contribution in [0.15, 0.2) is 67.1 Å². The molecule has 0 atom stereocenters. The molecule has 3 rings (SSSR count). The smallest absolute Gasteiger partial charge is 0.408 e. The van der Waals surface area contributed by atoms with Gasteiger partial charge in [0.15, 0.2) is 0 Å². The average Bonchev–Trinajstić information content (AvgIpc) is 3.20. The lowest BCUT2D eigenvalue weighted by atomic mass is 10.1. The van der Waals surface area contributed by atoms with E-state index in [-0.39, 0.29) is 13.2 Å². The third-order valence-corrected chi connectivity index (χ3v) is 3.46. The van der Waals surface area contributed by atoms with Crippen LogP contribution in [0.25, 0.3) is 11.3 Å². The van der Waals surface area contributed by atoms with Gasteiger partial charge >= 0.3 is 6.09 Å². The van der Waals surface area contributed by atoms with Crippen LogP contribution in [0.1, 0.15) is 11.1 Å². The Balaban J connectivity index is 1.44. The molecule has 0 aliphatic carbocycles. The molecule has 0 spiro atoms. The predicted octanol–water partition coefficient (Wildman–Crippen LogP) is 3.35. The van der Waals surface area contributed by atoms with E-state index >= 15 is 0 Å². The normalized spacial score (nSPS) is 9.76. The number of aromatic nitrogens is 2. The minimum absolute atomic E-state index is 0.232. The summed E-state index contributed by atoms with van der Waals surface area (Å²) in [6.07, 6.45) is 2.94. The molecule has 0 saturated heterocycles. The van der Waals surface area contributed by atoms with Crippen LogP contribution in [0, 0.1) is 11.8 Å². The Morgan fingerprint density at radius 2 is 1.92 bits per heavy atom. The van der Waals surface area contributed by atoms with Gasteiger partial charge in [0.25, 0.3) is 0 Å². The number of benzene rings is 2. The first-order chi connectivity index (χ1) is 12.3. The van der Waals surface area contributed by atoms with Gasteiger partial charge in [-0.15, -0.1) is 0 Å². The maximum atomic E-state index is 11.6. The number of amides is 1. The van der Waals surface area contributed by atoms with Crippen LogP contribution in [-0.2, 0) is 11.3 Å². The highest BCUT2D eigenvalue weighted by atomic mass is 16.5. The Labute approximate surface area is 146 Å². The Kier molecular flexibility index (Phi) is 5.47. The van der Waals surface area contributed by atoms with Crippen molar-refractivity contribution < 1.29 is 9.53 Å². The molecule has 0 fully saturated rings. The van der Waals surface area contributed by atoms with Gasteiger partial charge in [-0.25, -0.2) is 9.78 Å². The van der Waals surface area contributed by atoms with Gasteiger partial charge in [-0.1, -0.05) is 54.3 Å². The lowest BCUT2D eigenvalue weighted by Gasteiger charge is -2.04. The lowest BCUT2D eigenvalue weighted by Crippen LogP contribution is -2.24. The van der Waals surface area contributed by atoms with Crippen LogP contribution in [-0.4, -0.2) is 22.6 Å². The molecule has 0 bridgehead atoms. The number of carbonyl (C=O) groups is 1. The Morgan fingerprint density at radius 3 is 2.64 bits per heavy atom. The standard InChI is InChI=1S/C20H17N3O2/c24-20(25-14-17-5-2-1-3-6-17)22-12-4-7-16-8-10-18(11-9-16)19-13-21-15-23-19/h1-3,5-6,8-11,13,15H,12,14H2,(H,21,23)(H,22,24). The zero-order valence-electron chi connectivity index (χ0n) is 13.5. The number of hydrogen-bond donors (Lipinski definition) is 2. The van der Waals surface area contributed by atoms with Gasteiger partial charge in [0.05, 0.1) is 24.8 Å². The zero-order valence-corrected chi connectivity index (χ0v) is 13.5. The highest BCUT2D eigenvalue weighted by molar-refractivity contribution is 5.67. The molecule has 3 aromatic rings. The van der Waals surface area contributed by atoms with E-state index in [2.05, 4.69) is 27.1 Å². The quantitative estimate of drug-likeness (QED) is 0.721. The summed E-state index contributed by atoms with van der Waals surface area (Å²) in [5.74, 6) is 5.90. The van der Waals surface area contributed by atoms with Crippen LogP contribution in [0.3, 0.4) is 0 Å². The van der Waals surface area contributed by atoms with Gasteiger partial charge < -0.3 is 15.0 Å². The van der Waals surface area contributed by atoms with E-state index in [0.717, 1.165) is 22.4 Å². The topological polar surface area (TPSA) is 67.0 Å². The molecule has 5 nitrogen and oxygen atoms in total. The van der Waals surface area contributed by atoms with Crippen molar-refractivity contribution in [3.63, 3.8) is 0 Å². The van der Waals surface area contributed by atoms with Crippen LogP contribution in [0.2, 0.25) is 0 Å². The summed E-state index contributed by atoms with van der Waals surface area (Å²) in [7, 11) is 0. The summed E-state index contributed by atoms with van der Waals surface area (Å²) in [6.45, 7) is 0.477. The molecule has 1 amide bonds. The fraction of sp³-hybridized carbons (Fsp3) is 0.100. The fourth-order valence-corrected chi connectivity index (χ4v) is 2.18. The van der Waals surface area contributed by atoms with Gasteiger partial charge in [0.1, 0.15) is 6.61 Å². The third-order valence-electron chi connectivity index (χ3n) is 3.46. The Morgan fingerprint density at radius 1 is 1.12 bits per heavy atom. The van der Waals surface area contributed by atoms with E-state index in [4.69, 9.17) is 4.74 Å². The van der Waals surface area contributed by atoms with Crippen molar-refractivity contribution in [2.75, 3.05) is 6.54 Å². The minimum Gasteiger partial charge on any atom is -0.445 e. The molecule has 124 valence electrons. The molecule has 0 unspecified atom stereocenters. The molecule has 2 aromatic carbocycles. The molecule has 25 heavy (non-hydrogen) atoms. The molecule has 5 heteroatoms. The number of carbonyl (C=O) groups excluding carboxylic acids is 1. The number of rotatable bonds is 4. The van der Waals surface area contributed by atoms with Crippen molar-refractivity contribution in [3.05, 3.63) is 78.2 Å². The molecular formula is C20H17N3O2. The fourth-order valence-electron chi connectivity index (χ4n) is 2.18. The second kappa shape index (κ2) is 8.37. The number of nitrogens with zero attached hydrogens (tertiary/aromatic N) is 1. The molecule has 1 heterocycles.